The van der Waals surface area contributed by atoms with Crippen LogP contribution in [-0.4, -0.2) is 64.6 Å². The van der Waals surface area contributed by atoms with Gasteiger partial charge in [0, 0.05) is 7.11 Å². The third-order valence-electron chi connectivity index (χ3n) is 6.42. The van der Waals surface area contributed by atoms with Crippen LogP contribution in [0.5, 0.6) is 28.7 Å². The van der Waals surface area contributed by atoms with Gasteiger partial charge in [0.25, 0.3) is 11.8 Å². The molecule has 0 saturated heterocycles. The first-order valence-electron chi connectivity index (χ1n) is 17.5. The summed E-state index contributed by atoms with van der Waals surface area (Å²) in [7, 11) is -8.57. The molecule has 238 valence electrons. The Hall–Kier alpha value is -5.01. The summed E-state index contributed by atoms with van der Waals surface area (Å²) in [5.74, 6) is -6.33. The van der Waals surface area contributed by atoms with Crippen LogP contribution >= 0.6 is 11.6 Å². The Bertz CT molecular complexity index is 1950. The van der Waals surface area contributed by atoms with Crippen molar-refractivity contribution in [2.24, 2.45) is 0 Å². The second kappa shape index (κ2) is 14.2. The zero-order valence-electron chi connectivity index (χ0n) is 33.0. The molecule has 0 bridgehead atoms. The number of amides is 4. The molecule has 4 N–H and O–H groups in total. The number of aryl methyl sites for hydroxylation is 2. The van der Waals surface area contributed by atoms with Crippen molar-refractivity contribution >= 4 is 46.6 Å². The normalized spacial score (nSPS) is 17.7. The van der Waals surface area contributed by atoms with Gasteiger partial charge in [-0.25, -0.2) is 0 Å². The topological polar surface area (TPSA) is 163 Å². The lowest BCUT2D eigenvalue weighted by Gasteiger charge is -2.18. The van der Waals surface area contributed by atoms with Gasteiger partial charge in [-0.05, 0) is 55.3 Å². The summed E-state index contributed by atoms with van der Waals surface area (Å²) in [4.78, 5) is 52.9. The fraction of sp³-hybridized carbons (Fsp3) is 0.290. The first-order valence-corrected chi connectivity index (χ1v) is 13.4. The number of halogens is 1. The molecule has 0 aliphatic carbocycles. The molecule has 45 heavy (non-hydrogen) atoms. The highest BCUT2D eigenvalue weighted by Gasteiger charge is 2.32. The molecular formula is C31H33ClN4O9. The SMILES string of the molecule is [2H]C([2H])([2H])Oc1cc(C(=O)Nc2cc3c(cc2Oc2cc(C)cc(C)c2)C(=O)NC(CC(=O)NCOC)C(=O)N3)c(Cl)c(OC([2H])([2H])[2H])c1OC([2H])([2H])[2H]. The van der Waals surface area contributed by atoms with Crippen LogP contribution in [0.25, 0.3) is 0 Å². The monoisotopic (exact) mass is 649 g/mol. The number of carbonyl (C=O) groups excluding carboxylic acids is 4. The van der Waals surface area contributed by atoms with E-state index >= 15 is 0 Å². The standard InChI is InChI=1S/C31H33ClN4O9/c1-15-7-16(2)9-17(8-15)45-23-10-18-20(34-31(40)22(36-29(18)38)13-25(37)33-14-41-3)12-21(23)35-30(39)19-11-24(42-4)27(43-5)28(44-6)26(19)32/h7-12,22H,13-14H2,1-6H3,(H,33,37)(H,34,40)(H,35,39)(H,36,38)/i4D3,5D3,6D3. The highest BCUT2D eigenvalue weighted by Crippen LogP contribution is 2.45. The van der Waals surface area contributed by atoms with Crippen LogP contribution in [0.1, 0.15) is 50.6 Å². The van der Waals surface area contributed by atoms with Crippen LogP contribution in [0.15, 0.2) is 36.4 Å². The third-order valence-corrected chi connectivity index (χ3v) is 6.79. The lowest BCUT2D eigenvalue weighted by atomic mass is 10.1. The summed E-state index contributed by atoms with van der Waals surface area (Å²) >= 11 is 6.44. The first-order chi connectivity index (χ1) is 24.9. The van der Waals surface area contributed by atoms with E-state index in [1.165, 1.54) is 13.2 Å². The van der Waals surface area contributed by atoms with Crippen molar-refractivity contribution in [1.29, 1.82) is 0 Å². The van der Waals surface area contributed by atoms with Crippen LogP contribution in [0.3, 0.4) is 0 Å². The molecular weight excluding hydrogens is 608 g/mol. The molecule has 0 fully saturated rings. The number of hydrogen-bond acceptors (Lipinski definition) is 9. The predicted molar refractivity (Wildman–Crippen MR) is 166 cm³/mol. The van der Waals surface area contributed by atoms with Crippen LogP contribution in [0.4, 0.5) is 11.4 Å². The number of ether oxygens (including phenoxy) is 5. The first kappa shape index (κ1) is 22.5. The van der Waals surface area contributed by atoms with Gasteiger partial charge >= 0.3 is 0 Å². The molecule has 1 aliphatic rings. The van der Waals surface area contributed by atoms with E-state index in [0.717, 1.165) is 17.2 Å². The highest BCUT2D eigenvalue weighted by molar-refractivity contribution is 6.36. The molecule has 13 nitrogen and oxygen atoms in total. The van der Waals surface area contributed by atoms with Gasteiger partial charge in [-0.15, -0.1) is 0 Å². The quantitative estimate of drug-likeness (QED) is 0.223. The van der Waals surface area contributed by atoms with Gasteiger partial charge < -0.3 is 45.0 Å². The number of methoxy groups -OCH3 is 4. The number of nitrogens with one attached hydrogen (secondary N) is 4. The van der Waals surface area contributed by atoms with E-state index < -0.39 is 85.0 Å². The molecule has 1 atom stereocenters. The van der Waals surface area contributed by atoms with Gasteiger partial charge in [0.2, 0.25) is 17.6 Å². The van der Waals surface area contributed by atoms with E-state index in [4.69, 9.17) is 47.6 Å². The number of benzene rings is 3. The highest BCUT2D eigenvalue weighted by atomic mass is 35.5. The Labute approximate surface area is 277 Å². The van der Waals surface area contributed by atoms with Crippen molar-refractivity contribution in [2.75, 3.05) is 45.6 Å². The minimum atomic E-state index is -3.33. The molecule has 0 aromatic heterocycles. The van der Waals surface area contributed by atoms with Crippen molar-refractivity contribution in [3.8, 4) is 28.7 Å². The molecule has 1 unspecified atom stereocenters. The smallest absolute Gasteiger partial charge is 0.257 e. The van der Waals surface area contributed by atoms with Crippen LogP contribution in [0.2, 0.25) is 5.02 Å². The molecule has 14 heteroatoms. The summed E-state index contributed by atoms with van der Waals surface area (Å²) < 4.78 is 93.5. The summed E-state index contributed by atoms with van der Waals surface area (Å²) in [5.41, 5.74) is 0.415. The lowest BCUT2D eigenvalue weighted by Crippen LogP contribution is -2.44. The van der Waals surface area contributed by atoms with Crippen LogP contribution < -0.4 is 40.2 Å². The Morgan fingerprint density at radius 2 is 1.67 bits per heavy atom. The van der Waals surface area contributed by atoms with Crippen molar-refractivity contribution in [3.05, 3.63) is 63.7 Å². The molecule has 4 rings (SSSR count). The Morgan fingerprint density at radius 1 is 0.956 bits per heavy atom. The van der Waals surface area contributed by atoms with E-state index in [2.05, 4.69) is 21.3 Å². The minimum absolute atomic E-state index is 0.133. The number of rotatable bonds is 11. The predicted octanol–water partition coefficient (Wildman–Crippen LogP) is 4.19. The van der Waals surface area contributed by atoms with Crippen LogP contribution in [0, 0.1) is 13.8 Å². The number of carbonyl (C=O) groups is 4. The van der Waals surface area contributed by atoms with Gasteiger partial charge in [-0.3, -0.25) is 19.2 Å². The van der Waals surface area contributed by atoms with Gasteiger partial charge in [0.1, 0.15) is 18.5 Å². The molecule has 3 aromatic carbocycles. The Balaban J connectivity index is 1.86. The maximum atomic E-state index is 14.0. The number of anilines is 2. The molecule has 0 saturated carbocycles. The molecule has 3 aromatic rings. The summed E-state index contributed by atoms with van der Waals surface area (Å²) in [6.45, 7) is 3.45. The molecule has 1 heterocycles. The van der Waals surface area contributed by atoms with Gasteiger partial charge in [0.05, 0.1) is 67.4 Å². The number of hydrogen-bond donors (Lipinski definition) is 4. The minimum Gasteiger partial charge on any atom is -0.493 e. The zero-order chi connectivity index (χ0) is 40.3. The third kappa shape index (κ3) is 7.39. The van der Waals surface area contributed by atoms with E-state index in [-0.39, 0.29) is 35.2 Å². The van der Waals surface area contributed by atoms with E-state index in [9.17, 15) is 19.2 Å². The second-order valence-corrected chi connectivity index (χ2v) is 10.1. The molecule has 1 aliphatic heterocycles. The second-order valence-electron chi connectivity index (χ2n) is 9.73. The van der Waals surface area contributed by atoms with E-state index in [0.29, 0.717) is 6.07 Å². The van der Waals surface area contributed by atoms with Crippen molar-refractivity contribution in [2.45, 2.75) is 26.3 Å². The number of fused-ring (bicyclic) bond motifs is 1. The van der Waals surface area contributed by atoms with Crippen molar-refractivity contribution in [3.63, 3.8) is 0 Å². The summed E-state index contributed by atoms with van der Waals surface area (Å²) in [6, 6.07) is 6.89. The molecule has 0 spiro atoms. The Kier molecular flexibility index (Phi) is 7.09. The van der Waals surface area contributed by atoms with E-state index in [1.807, 2.05) is 6.07 Å². The maximum Gasteiger partial charge on any atom is 0.257 e. The average molecular weight is 650 g/mol. The fourth-order valence-electron chi connectivity index (χ4n) is 4.46. The van der Waals surface area contributed by atoms with Crippen molar-refractivity contribution < 1.29 is 55.2 Å². The lowest BCUT2D eigenvalue weighted by molar-refractivity contribution is -0.126. The molecule has 0 radical (unpaired) electrons. The van der Waals surface area contributed by atoms with Gasteiger partial charge in [-0.2, -0.15) is 0 Å². The van der Waals surface area contributed by atoms with Gasteiger partial charge in [-0.1, -0.05) is 17.7 Å². The molecule has 4 amide bonds. The van der Waals surface area contributed by atoms with E-state index in [1.54, 1.807) is 26.0 Å². The van der Waals surface area contributed by atoms with Crippen molar-refractivity contribution in [1.82, 2.24) is 10.6 Å². The largest absolute Gasteiger partial charge is 0.493 e. The maximum absolute atomic E-state index is 14.0. The zero-order valence-corrected chi connectivity index (χ0v) is 24.8. The van der Waals surface area contributed by atoms with Gasteiger partial charge in [0.15, 0.2) is 17.2 Å². The average Bonchev–Trinajstić information content (AvgIpc) is 3.11. The summed E-state index contributed by atoms with van der Waals surface area (Å²) in [5, 5.41) is 9.08. The Morgan fingerprint density at radius 3 is 2.36 bits per heavy atom. The summed E-state index contributed by atoms with van der Waals surface area (Å²) in [6.07, 6.45) is -0.453. The fourth-order valence-corrected chi connectivity index (χ4v) is 4.72. The van der Waals surface area contributed by atoms with Crippen LogP contribution in [-0.2, 0) is 14.3 Å².